The molecule has 0 fully saturated rings. The Kier molecular flexibility index (Phi) is 12.5. The summed E-state index contributed by atoms with van der Waals surface area (Å²) in [4.78, 5) is 27.1. The molecular weight excluding hydrogens is 1300 g/mol. The number of nitrogens with zero attached hydrogens (tertiary/aromatic N) is 7. The van der Waals surface area contributed by atoms with Crippen LogP contribution in [-0.4, -0.2) is 34.1 Å². The molecule has 102 heavy (non-hydrogen) atoms. The molecule has 0 saturated carbocycles. The Morgan fingerprint density at radius 2 is 0.784 bits per heavy atom. The Labute approximate surface area is 593 Å². The minimum atomic E-state index is 0.594. The fourth-order valence-corrected chi connectivity index (χ4v) is 19.2. The molecule has 14 aromatic carbocycles. The highest BCUT2D eigenvalue weighted by atomic mass is 32.1. The maximum Gasteiger partial charge on any atom is 0.231 e. The number of para-hydroxylation sites is 3. The zero-order valence-electron chi connectivity index (χ0n) is 54.2. The molecule has 0 atom stereocenters. The largest absolute Gasteiger partial charge is 0.438 e. The second kappa shape index (κ2) is 22.4. The van der Waals surface area contributed by atoms with Gasteiger partial charge in [-0.05, 0) is 137 Å². The van der Waals surface area contributed by atoms with Crippen molar-refractivity contribution in [2.75, 3.05) is 0 Å². The van der Waals surface area contributed by atoms with E-state index in [9.17, 15) is 0 Å². The Hall–Kier alpha value is -12.8. The highest BCUT2D eigenvalue weighted by Gasteiger charge is 2.24. The molecule has 0 spiro atoms. The van der Waals surface area contributed by atoms with Crippen molar-refractivity contribution in [2.24, 2.45) is 0 Å². The van der Waals surface area contributed by atoms with Gasteiger partial charge in [0.15, 0.2) is 11.6 Å². The fourth-order valence-electron chi connectivity index (χ4n) is 15.8. The second-order valence-electron chi connectivity index (χ2n) is 26.2. The number of benzene rings is 14. The predicted molar refractivity (Wildman–Crippen MR) is 431 cm³/mol. The van der Waals surface area contributed by atoms with Crippen molar-refractivity contribution < 1.29 is 4.42 Å². The SMILES string of the molecule is c1ccc2cc3c(cc2c1)c1ccccc1n3-c1ccc(-c2nc(-c3ccc4c(c3)sc3ccccc34)c3c(n2)oc2ccccc23)cc1.c1ccc2cc3c(cc2c1)c1ccccc1n3-c1ccc(-c2nc(-c3ccc4c(c3)sc3ccccc34)c3c(n2)sc2ccccc23)c2cccnc12. The van der Waals surface area contributed by atoms with Crippen molar-refractivity contribution in [3.05, 3.63) is 310 Å². The molecule has 9 heterocycles. The normalized spacial score (nSPS) is 12.1. The first kappa shape index (κ1) is 57.2. The zero-order valence-corrected chi connectivity index (χ0v) is 56.7. The van der Waals surface area contributed by atoms with E-state index in [1.54, 1.807) is 11.3 Å². The number of pyridine rings is 1. The van der Waals surface area contributed by atoms with Crippen LogP contribution in [0, 0.1) is 0 Å². The van der Waals surface area contributed by atoms with Gasteiger partial charge in [-0.3, -0.25) is 4.98 Å². The number of furan rings is 1. The molecule has 0 aliphatic heterocycles. The Morgan fingerprint density at radius 1 is 0.294 bits per heavy atom. The van der Waals surface area contributed by atoms with Crippen LogP contribution in [0.3, 0.4) is 0 Å². The molecular formula is C91H51N7OS3. The van der Waals surface area contributed by atoms with E-state index in [4.69, 9.17) is 29.3 Å². The molecule has 9 aromatic heterocycles. The van der Waals surface area contributed by atoms with E-state index >= 15 is 0 Å². The third kappa shape index (κ3) is 8.82. The van der Waals surface area contributed by atoms with E-state index in [-0.39, 0.29) is 0 Å². The number of aromatic nitrogens is 7. The third-order valence-corrected chi connectivity index (χ3v) is 23.8. The molecule has 11 heteroatoms. The lowest BCUT2D eigenvalue weighted by molar-refractivity contribution is 0.653. The summed E-state index contributed by atoms with van der Waals surface area (Å²) in [5, 5.41) is 20.2. The number of hydrogen-bond donors (Lipinski definition) is 0. The fraction of sp³-hybridized carbons (Fsp3) is 0. The highest BCUT2D eigenvalue weighted by molar-refractivity contribution is 7.26. The quantitative estimate of drug-likeness (QED) is 0.165. The van der Waals surface area contributed by atoms with E-state index in [2.05, 4.69) is 288 Å². The van der Waals surface area contributed by atoms with E-state index in [1.807, 2.05) is 53.1 Å². The van der Waals surface area contributed by atoms with Gasteiger partial charge in [0.25, 0.3) is 0 Å². The molecule has 23 rings (SSSR count). The first-order valence-corrected chi connectivity index (χ1v) is 36.5. The second-order valence-corrected chi connectivity index (χ2v) is 29.4. The molecule has 0 radical (unpaired) electrons. The van der Waals surface area contributed by atoms with Crippen molar-refractivity contribution in [3.63, 3.8) is 0 Å². The van der Waals surface area contributed by atoms with Crippen LogP contribution in [-0.2, 0) is 0 Å². The van der Waals surface area contributed by atoms with E-state index in [0.29, 0.717) is 17.4 Å². The van der Waals surface area contributed by atoms with Gasteiger partial charge < -0.3 is 13.6 Å². The molecule has 0 N–H and O–H groups in total. The highest BCUT2D eigenvalue weighted by Crippen LogP contribution is 2.46. The zero-order chi connectivity index (χ0) is 66.7. The van der Waals surface area contributed by atoms with Gasteiger partial charge >= 0.3 is 0 Å². The predicted octanol–water partition coefficient (Wildman–Crippen LogP) is 25.7. The molecule has 0 amide bonds. The van der Waals surface area contributed by atoms with Crippen LogP contribution in [0.15, 0.2) is 314 Å². The van der Waals surface area contributed by atoms with E-state index in [1.165, 1.54) is 105 Å². The van der Waals surface area contributed by atoms with Gasteiger partial charge in [0.1, 0.15) is 10.4 Å². The summed E-state index contributed by atoms with van der Waals surface area (Å²) >= 11 is 5.38. The standard InChI is InChI=1S/C47H26N4S2.C44H25N3OS/c1-2-11-28-25-39-36(24-27(28)10-1)30-12-3-6-16-37(30)51(39)38-22-21-34(33-15-9-23-48-45(33)38)46-49-44(43-35-14-5-8-18-41(35)53-47(43)50-46)29-19-20-32-31-13-4-7-17-40(31)52-42(32)26-29;1-2-10-28-24-37-35(23-27(28)9-1)31-11-3-6-14-36(31)47(37)30-20-17-26(18-21-30)43-45-42(41-34-13-4-7-15-38(34)48-44(41)46-43)29-19-22-33-32-12-5-8-16-39(32)49-40(33)25-29/h1-26H;1-25H. The Morgan fingerprint density at radius 3 is 1.43 bits per heavy atom. The summed E-state index contributed by atoms with van der Waals surface area (Å²) in [5.74, 6) is 1.34. The van der Waals surface area contributed by atoms with Crippen LogP contribution < -0.4 is 0 Å². The van der Waals surface area contributed by atoms with Crippen LogP contribution >= 0.6 is 34.0 Å². The van der Waals surface area contributed by atoms with Gasteiger partial charge in [-0.2, -0.15) is 4.98 Å². The van der Waals surface area contributed by atoms with Crippen molar-refractivity contribution in [3.8, 4) is 56.7 Å². The van der Waals surface area contributed by atoms with Crippen molar-refractivity contribution in [1.29, 1.82) is 0 Å². The maximum atomic E-state index is 6.37. The van der Waals surface area contributed by atoms with Crippen LogP contribution in [0.5, 0.6) is 0 Å². The summed E-state index contributed by atoms with van der Waals surface area (Å²) in [6.07, 6.45) is 1.89. The minimum Gasteiger partial charge on any atom is -0.438 e. The van der Waals surface area contributed by atoms with Gasteiger partial charge in [0.2, 0.25) is 5.71 Å². The lowest BCUT2D eigenvalue weighted by Gasteiger charge is -2.14. The minimum absolute atomic E-state index is 0.594. The average Bonchev–Trinajstić information content (AvgIpc) is 1.93. The molecule has 0 aliphatic rings. The summed E-state index contributed by atoms with van der Waals surface area (Å²) in [6, 6.07) is 108. The van der Waals surface area contributed by atoms with Gasteiger partial charge in [-0.1, -0.05) is 188 Å². The van der Waals surface area contributed by atoms with Gasteiger partial charge in [0.05, 0.1) is 50.0 Å². The topological polar surface area (TPSA) is 87.5 Å². The number of thiophene rings is 3. The first-order valence-electron chi connectivity index (χ1n) is 34.1. The average molecular weight is 1350 g/mol. The van der Waals surface area contributed by atoms with E-state index < -0.39 is 0 Å². The molecule has 23 aromatic rings. The smallest absolute Gasteiger partial charge is 0.231 e. The molecule has 0 bridgehead atoms. The van der Waals surface area contributed by atoms with Crippen LogP contribution in [0.4, 0.5) is 0 Å². The first-order chi connectivity index (χ1) is 50.5. The molecule has 8 nitrogen and oxygen atoms in total. The van der Waals surface area contributed by atoms with Gasteiger partial charge in [0, 0.05) is 122 Å². The monoisotopic (exact) mass is 1350 g/mol. The number of rotatable bonds is 6. The molecule has 0 unspecified atom stereocenters. The Bertz CT molecular complexity index is 7480. The summed E-state index contributed by atoms with van der Waals surface area (Å²) < 4.78 is 17.4. The summed E-state index contributed by atoms with van der Waals surface area (Å²) in [6.45, 7) is 0. The van der Waals surface area contributed by atoms with Gasteiger partial charge in [-0.15, -0.1) is 34.0 Å². The molecule has 0 aliphatic carbocycles. The molecule has 0 saturated heterocycles. The van der Waals surface area contributed by atoms with Crippen LogP contribution in [0.25, 0.3) is 215 Å². The third-order valence-electron chi connectivity index (χ3n) is 20.5. The lowest BCUT2D eigenvalue weighted by atomic mass is 10.0. The van der Waals surface area contributed by atoms with Crippen molar-refractivity contribution >= 4 is 193 Å². The Balaban J connectivity index is 0.000000129. The van der Waals surface area contributed by atoms with E-state index in [0.717, 1.165) is 93.5 Å². The summed E-state index contributed by atoms with van der Waals surface area (Å²) in [7, 11) is 0. The van der Waals surface area contributed by atoms with Crippen molar-refractivity contribution in [2.45, 2.75) is 0 Å². The number of hydrogen-bond acceptors (Lipinski definition) is 9. The van der Waals surface area contributed by atoms with Crippen molar-refractivity contribution in [1.82, 2.24) is 34.1 Å². The summed E-state index contributed by atoms with van der Waals surface area (Å²) in [5.41, 5.74) is 15.0. The van der Waals surface area contributed by atoms with Crippen LogP contribution in [0.1, 0.15) is 0 Å². The van der Waals surface area contributed by atoms with Crippen LogP contribution in [0.2, 0.25) is 0 Å². The van der Waals surface area contributed by atoms with Gasteiger partial charge in [-0.25, -0.2) is 15.0 Å². The lowest BCUT2D eigenvalue weighted by Crippen LogP contribution is -1.99. The maximum absolute atomic E-state index is 6.37. The number of fused-ring (bicyclic) bond motifs is 21. The molecule has 474 valence electrons.